The number of halogens is 1. The first-order valence-electron chi connectivity index (χ1n) is 10.7. The van der Waals surface area contributed by atoms with Crippen molar-refractivity contribution in [3.63, 3.8) is 0 Å². The van der Waals surface area contributed by atoms with Crippen molar-refractivity contribution in [3.8, 4) is 0 Å². The van der Waals surface area contributed by atoms with Gasteiger partial charge in [-0.15, -0.1) is 0 Å². The van der Waals surface area contributed by atoms with E-state index in [1.54, 1.807) is 0 Å². The second-order valence-corrected chi connectivity index (χ2v) is 8.42. The lowest BCUT2D eigenvalue weighted by Crippen LogP contribution is -2.47. The van der Waals surface area contributed by atoms with Crippen LogP contribution in [0.25, 0.3) is 0 Å². The predicted octanol–water partition coefficient (Wildman–Crippen LogP) is 3.88. The van der Waals surface area contributed by atoms with Gasteiger partial charge in [0.05, 0.1) is 6.61 Å². The van der Waals surface area contributed by atoms with E-state index in [0.717, 1.165) is 44.7 Å². The Kier molecular flexibility index (Phi) is 8.55. The van der Waals surface area contributed by atoms with Gasteiger partial charge in [0, 0.05) is 49.5 Å². The molecular weight excluding hydrogens is 398 g/mol. The van der Waals surface area contributed by atoms with Gasteiger partial charge in [-0.3, -0.25) is 9.69 Å². The highest BCUT2D eigenvalue weighted by atomic mass is 35.5. The Balaban J connectivity index is 1.30. The molecule has 0 spiro atoms. The van der Waals surface area contributed by atoms with Gasteiger partial charge in [-0.1, -0.05) is 41.9 Å². The Hall–Kier alpha value is -2.08. The Morgan fingerprint density at radius 3 is 2.63 bits per heavy atom. The minimum Gasteiger partial charge on any atom is -0.369 e. The van der Waals surface area contributed by atoms with Crippen molar-refractivity contribution in [2.24, 2.45) is 0 Å². The molecule has 30 heavy (non-hydrogen) atoms. The molecule has 0 saturated carbocycles. The number of nitrogens with one attached hydrogen (secondary N) is 1. The van der Waals surface area contributed by atoms with E-state index in [-0.39, 0.29) is 18.6 Å². The number of rotatable bonds is 9. The number of aryl methyl sites for hydroxylation is 1. The van der Waals surface area contributed by atoms with Crippen LogP contribution < -0.4 is 10.2 Å². The molecule has 0 aliphatic carbocycles. The molecule has 1 unspecified atom stereocenters. The fourth-order valence-electron chi connectivity index (χ4n) is 3.69. The molecule has 1 N–H and O–H groups in total. The smallest absolute Gasteiger partial charge is 0.246 e. The van der Waals surface area contributed by atoms with Gasteiger partial charge >= 0.3 is 0 Å². The molecule has 1 aliphatic heterocycles. The zero-order valence-electron chi connectivity index (χ0n) is 17.9. The van der Waals surface area contributed by atoms with Crippen LogP contribution in [0.3, 0.4) is 0 Å². The van der Waals surface area contributed by atoms with E-state index in [2.05, 4.69) is 53.2 Å². The Labute approximate surface area is 185 Å². The van der Waals surface area contributed by atoms with Gasteiger partial charge in [-0.25, -0.2) is 0 Å². The zero-order valence-corrected chi connectivity index (χ0v) is 18.7. The summed E-state index contributed by atoms with van der Waals surface area (Å²) < 4.78 is 5.51. The summed E-state index contributed by atoms with van der Waals surface area (Å²) >= 11 is 6.10. The molecule has 1 aliphatic rings. The summed E-state index contributed by atoms with van der Waals surface area (Å²) in [6.07, 6.45) is 0.931. The molecule has 3 rings (SSSR count). The van der Waals surface area contributed by atoms with Crippen molar-refractivity contribution in [2.75, 3.05) is 44.2 Å². The summed E-state index contributed by atoms with van der Waals surface area (Å²) in [5, 5.41) is 3.69. The van der Waals surface area contributed by atoms with E-state index in [4.69, 9.17) is 16.3 Å². The summed E-state index contributed by atoms with van der Waals surface area (Å²) in [6, 6.07) is 16.3. The van der Waals surface area contributed by atoms with Crippen LogP contribution in [0.1, 0.15) is 24.5 Å². The lowest BCUT2D eigenvalue weighted by molar-refractivity contribution is -0.126. The normalized spacial score (nSPS) is 15.8. The fourth-order valence-corrected chi connectivity index (χ4v) is 3.88. The van der Waals surface area contributed by atoms with Crippen LogP contribution in [0.4, 0.5) is 5.69 Å². The highest BCUT2D eigenvalue weighted by molar-refractivity contribution is 6.31. The summed E-state index contributed by atoms with van der Waals surface area (Å²) in [7, 11) is 0. The van der Waals surface area contributed by atoms with Gasteiger partial charge in [-0.2, -0.15) is 0 Å². The van der Waals surface area contributed by atoms with Crippen molar-refractivity contribution < 1.29 is 9.53 Å². The van der Waals surface area contributed by atoms with Crippen molar-refractivity contribution in [2.45, 2.75) is 32.9 Å². The largest absolute Gasteiger partial charge is 0.369 e. The average molecular weight is 430 g/mol. The predicted molar refractivity (Wildman–Crippen MR) is 123 cm³/mol. The first-order chi connectivity index (χ1) is 14.5. The Morgan fingerprint density at radius 2 is 1.90 bits per heavy atom. The molecule has 0 bridgehead atoms. The zero-order chi connectivity index (χ0) is 21.3. The molecule has 2 aromatic rings. The molecule has 1 atom stereocenters. The second kappa shape index (κ2) is 11.3. The molecule has 1 fully saturated rings. The molecule has 1 amide bonds. The van der Waals surface area contributed by atoms with Gasteiger partial charge in [-0.05, 0) is 49.6 Å². The average Bonchev–Trinajstić information content (AvgIpc) is 2.74. The molecular formula is C24H32ClN3O2. The third-order valence-corrected chi connectivity index (χ3v) is 5.84. The van der Waals surface area contributed by atoms with Crippen LogP contribution in [0, 0.1) is 6.92 Å². The maximum atomic E-state index is 12.1. The number of carbonyl (C=O) groups is 1. The maximum absolute atomic E-state index is 12.1. The van der Waals surface area contributed by atoms with E-state index >= 15 is 0 Å². The van der Waals surface area contributed by atoms with Gasteiger partial charge in [0.15, 0.2) is 0 Å². The van der Waals surface area contributed by atoms with Crippen LogP contribution in [0.5, 0.6) is 0 Å². The van der Waals surface area contributed by atoms with E-state index in [1.807, 2.05) is 24.3 Å². The fraction of sp³-hybridized carbons (Fsp3) is 0.458. The molecule has 2 aromatic carbocycles. The monoisotopic (exact) mass is 429 g/mol. The number of carbonyl (C=O) groups excluding carboxylic acids is 1. The summed E-state index contributed by atoms with van der Waals surface area (Å²) in [6.45, 7) is 9.75. The number of piperazine rings is 1. The molecule has 1 heterocycles. The van der Waals surface area contributed by atoms with Crippen LogP contribution in [-0.2, 0) is 16.1 Å². The van der Waals surface area contributed by atoms with Crippen LogP contribution >= 0.6 is 11.6 Å². The molecule has 0 aromatic heterocycles. The van der Waals surface area contributed by atoms with Crippen LogP contribution in [-0.4, -0.2) is 56.2 Å². The molecule has 5 nitrogen and oxygen atoms in total. The number of amides is 1. The molecule has 6 heteroatoms. The topological polar surface area (TPSA) is 44.8 Å². The molecule has 0 radical (unpaired) electrons. The van der Waals surface area contributed by atoms with Gasteiger partial charge in [0.25, 0.3) is 0 Å². The quantitative estimate of drug-likeness (QED) is 0.657. The summed E-state index contributed by atoms with van der Waals surface area (Å²) in [5.41, 5.74) is 3.51. The van der Waals surface area contributed by atoms with Crippen molar-refractivity contribution in [1.29, 1.82) is 0 Å². The van der Waals surface area contributed by atoms with Gasteiger partial charge in [0.2, 0.25) is 5.91 Å². The van der Waals surface area contributed by atoms with Crippen molar-refractivity contribution >= 4 is 23.2 Å². The second-order valence-electron chi connectivity index (χ2n) is 8.01. The van der Waals surface area contributed by atoms with Crippen molar-refractivity contribution in [3.05, 3.63) is 64.7 Å². The summed E-state index contributed by atoms with van der Waals surface area (Å²) in [5.74, 6) is -0.0844. The van der Waals surface area contributed by atoms with Crippen molar-refractivity contribution in [1.82, 2.24) is 10.2 Å². The first kappa shape index (κ1) is 22.6. The lowest BCUT2D eigenvalue weighted by Gasteiger charge is -2.36. The SMILES string of the molecule is Cc1cccc(N2CCN(CCC(C)NC(=O)COCc3ccccc3Cl)CC2)c1. The Morgan fingerprint density at radius 1 is 1.13 bits per heavy atom. The lowest BCUT2D eigenvalue weighted by atomic mass is 10.1. The van der Waals surface area contributed by atoms with E-state index in [0.29, 0.717) is 11.6 Å². The standard InChI is InChI=1S/C24H32ClN3O2/c1-19-6-5-8-22(16-19)28-14-12-27(13-15-28)11-10-20(2)26-24(29)18-30-17-21-7-3-4-9-23(21)25/h3-9,16,20H,10-15,17-18H2,1-2H3,(H,26,29). The highest BCUT2D eigenvalue weighted by Crippen LogP contribution is 2.18. The number of nitrogens with zero attached hydrogens (tertiary/aromatic N) is 2. The van der Waals surface area contributed by atoms with E-state index in [1.165, 1.54) is 11.3 Å². The highest BCUT2D eigenvalue weighted by Gasteiger charge is 2.18. The molecule has 1 saturated heterocycles. The Bertz CT molecular complexity index is 822. The summed E-state index contributed by atoms with van der Waals surface area (Å²) in [4.78, 5) is 17.0. The van der Waals surface area contributed by atoms with Gasteiger partial charge in [0.1, 0.15) is 6.61 Å². The van der Waals surface area contributed by atoms with Crippen LogP contribution in [0.2, 0.25) is 5.02 Å². The van der Waals surface area contributed by atoms with E-state index < -0.39 is 0 Å². The maximum Gasteiger partial charge on any atom is 0.246 e. The third-order valence-electron chi connectivity index (χ3n) is 5.47. The van der Waals surface area contributed by atoms with Crippen LogP contribution in [0.15, 0.2) is 48.5 Å². The molecule has 162 valence electrons. The number of hydrogen-bond donors (Lipinski definition) is 1. The minimum absolute atomic E-state index is 0.0464. The third kappa shape index (κ3) is 7.01. The number of benzene rings is 2. The van der Waals surface area contributed by atoms with Gasteiger partial charge < -0.3 is 15.0 Å². The number of ether oxygens (including phenoxy) is 1. The number of hydrogen-bond acceptors (Lipinski definition) is 4. The first-order valence-corrected chi connectivity index (χ1v) is 11.0. The minimum atomic E-state index is -0.0844. The van der Waals surface area contributed by atoms with E-state index in [9.17, 15) is 4.79 Å². The number of anilines is 1.